The minimum absolute atomic E-state index is 0.0763. The zero-order valence-corrected chi connectivity index (χ0v) is 14.2. The molecule has 0 spiro atoms. The van der Waals surface area contributed by atoms with Crippen LogP contribution >= 0.6 is 11.3 Å². The molecule has 0 bridgehead atoms. The summed E-state index contributed by atoms with van der Waals surface area (Å²) in [4.78, 5) is 30.3. The number of nitrogens with one attached hydrogen (secondary N) is 1. The van der Waals surface area contributed by atoms with Gasteiger partial charge in [-0.2, -0.15) is 0 Å². The van der Waals surface area contributed by atoms with Crippen LogP contribution in [0, 0.1) is 18.3 Å². The van der Waals surface area contributed by atoms with E-state index in [0.29, 0.717) is 19.5 Å². The number of fused-ring (bicyclic) bond motifs is 2. The molecular weight excluding hydrogens is 326 g/mol. The van der Waals surface area contributed by atoms with Crippen molar-refractivity contribution in [3.63, 3.8) is 0 Å². The van der Waals surface area contributed by atoms with Crippen molar-refractivity contribution >= 4 is 39.2 Å². The average molecular weight is 345 g/mol. The van der Waals surface area contributed by atoms with E-state index in [1.54, 1.807) is 16.2 Å². The van der Waals surface area contributed by atoms with Crippen molar-refractivity contribution in [3.05, 3.63) is 23.2 Å². The highest BCUT2D eigenvalue weighted by atomic mass is 32.1. The Morgan fingerprint density at radius 1 is 1.46 bits per heavy atom. The van der Waals surface area contributed by atoms with Crippen LogP contribution in [0.2, 0.25) is 0 Å². The molecule has 7 heteroatoms. The monoisotopic (exact) mass is 345 g/mol. The lowest BCUT2D eigenvalue weighted by atomic mass is 9.81. The summed E-state index contributed by atoms with van der Waals surface area (Å²) in [5.74, 6) is -0.686. The van der Waals surface area contributed by atoms with Crippen molar-refractivity contribution in [2.45, 2.75) is 26.2 Å². The van der Waals surface area contributed by atoms with Gasteiger partial charge < -0.3 is 15.3 Å². The van der Waals surface area contributed by atoms with E-state index in [1.807, 2.05) is 25.1 Å². The summed E-state index contributed by atoms with van der Waals surface area (Å²) in [5.41, 5.74) is 0.907. The molecule has 2 N–H and O–H groups in total. The molecule has 0 unspecified atom stereocenters. The van der Waals surface area contributed by atoms with Crippen LogP contribution in [-0.2, 0) is 4.79 Å². The number of carbonyl (C=O) groups excluding carboxylic acids is 1. The number of benzene rings is 1. The molecule has 2 atom stereocenters. The second kappa shape index (κ2) is 5.44. The quantitative estimate of drug-likeness (QED) is 0.875. The SMILES string of the molecule is Cc1nc2ccc(NC(=O)N3C[C@@H]4CCC[C@@]4(C(=O)O)C3)cc2s1. The number of hydrogen-bond acceptors (Lipinski definition) is 4. The van der Waals surface area contributed by atoms with Gasteiger partial charge in [-0.3, -0.25) is 4.79 Å². The molecule has 1 aromatic heterocycles. The van der Waals surface area contributed by atoms with Gasteiger partial charge in [0, 0.05) is 18.8 Å². The third-order valence-electron chi connectivity index (χ3n) is 5.33. The number of thiazole rings is 1. The number of urea groups is 1. The van der Waals surface area contributed by atoms with Gasteiger partial charge in [-0.25, -0.2) is 9.78 Å². The lowest BCUT2D eigenvalue weighted by molar-refractivity contribution is -0.149. The van der Waals surface area contributed by atoms with E-state index in [-0.39, 0.29) is 11.9 Å². The molecule has 4 rings (SSSR count). The van der Waals surface area contributed by atoms with E-state index in [0.717, 1.165) is 33.8 Å². The summed E-state index contributed by atoms with van der Waals surface area (Å²) in [7, 11) is 0. The number of rotatable bonds is 2. The topological polar surface area (TPSA) is 82.5 Å². The summed E-state index contributed by atoms with van der Waals surface area (Å²) in [6, 6.07) is 5.43. The Kier molecular flexibility index (Phi) is 3.49. The molecule has 126 valence electrons. The first kappa shape index (κ1) is 15.4. The molecule has 0 radical (unpaired) electrons. The fourth-order valence-electron chi connectivity index (χ4n) is 4.11. The van der Waals surface area contributed by atoms with Crippen LogP contribution < -0.4 is 5.32 Å². The van der Waals surface area contributed by atoms with Crippen molar-refractivity contribution in [1.82, 2.24) is 9.88 Å². The van der Waals surface area contributed by atoms with Gasteiger partial charge in [0.25, 0.3) is 0 Å². The molecule has 2 aromatic rings. The van der Waals surface area contributed by atoms with Crippen LogP contribution in [0.4, 0.5) is 10.5 Å². The third kappa shape index (κ3) is 2.34. The largest absolute Gasteiger partial charge is 0.481 e. The number of amides is 2. The number of carboxylic acid groups (broad SMARTS) is 1. The number of hydrogen-bond donors (Lipinski definition) is 2. The minimum Gasteiger partial charge on any atom is -0.481 e. The zero-order chi connectivity index (χ0) is 16.9. The molecule has 1 saturated carbocycles. The van der Waals surface area contributed by atoms with Gasteiger partial charge in [0.2, 0.25) is 0 Å². The van der Waals surface area contributed by atoms with Gasteiger partial charge in [-0.1, -0.05) is 6.42 Å². The second-order valence-electron chi connectivity index (χ2n) is 6.78. The Morgan fingerprint density at radius 2 is 2.29 bits per heavy atom. The number of aliphatic carboxylic acids is 1. The van der Waals surface area contributed by atoms with Gasteiger partial charge in [-0.05, 0) is 43.9 Å². The first-order valence-corrected chi connectivity index (χ1v) is 8.96. The summed E-state index contributed by atoms with van der Waals surface area (Å²) in [6.07, 6.45) is 2.50. The Hall–Kier alpha value is -2.15. The molecule has 1 aliphatic heterocycles. The number of likely N-dealkylation sites (tertiary alicyclic amines) is 1. The molecular formula is C17H19N3O3S. The van der Waals surface area contributed by atoms with E-state index in [4.69, 9.17) is 0 Å². The molecule has 1 aliphatic carbocycles. The highest BCUT2D eigenvalue weighted by molar-refractivity contribution is 7.18. The van der Waals surface area contributed by atoms with Gasteiger partial charge in [-0.15, -0.1) is 11.3 Å². The minimum atomic E-state index is -0.762. The predicted octanol–water partition coefficient (Wildman–Crippen LogP) is 3.32. The van der Waals surface area contributed by atoms with Crippen molar-refractivity contribution in [2.75, 3.05) is 18.4 Å². The highest BCUT2D eigenvalue weighted by Crippen LogP contribution is 2.48. The maximum absolute atomic E-state index is 12.6. The maximum atomic E-state index is 12.6. The fourth-order valence-corrected chi connectivity index (χ4v) is 4.98. The molecule has 6 nitrogen and oxygen atoms in total. The molecule has 2 aliphatic rings. The average Bonchev–Trinajstić information content (AvgIpc) is 3.17. The molecule has 1 saturated heterocycles. The van der Waals surface area contributed by atoms with Crippen molar-refractivity contribution < 1.29 is 14.7 Å². The Labute approximate surface area is 143 Å². The standard InChI is InChI=1S/C17H19N3O3S/c1-10-18-13-5-4-12(7-14(13)24-10)19-16(23)20-8-11-3-2-6-17(11,9-20)15(21)22/h4-5,7,11H,2-3,6,8-9H2,1H3,(H,19,23)(H,21,22)/t11-,17+/m0/s1. The summed E-state index contributed by atoms with van der Waals surface area (Å²) in [6.45, 7) is 2.79. The predicted molar refractivity (Wildman–Crippen MR) is 92.4 cm³/mol. The summed E-state index contributed by atoms with van der Waals surface area (Å²) in [5, 5.41) is 13.5. The van der Waals surface area contributed by atoms with Gasteiger partial charge in [0.05, 0.1) is 20.6 Å². The van der Waals surface area contributed by atoms with E-state index in [2.05, 4.69) is 10.3 Å². The van der Waals surface area contributed by atoms with Crippen molar-refractivity contribution in [1.29, 1.82) is 0 Å². The van der Waals surface area contributed by atoms with Crippen LogP contribution in [0.15, 0.2) is 18.2 Å². The lowest BCUT2D eigenvalue weighted by Crippen LogP contribution is -2.38. The zero-order valence-electron chi connectivity index (χ0n) is 13.4. The number of nitrogens with zero attached hydrogens (tertiary/aromatic N) is 2. The first-order valence-electron chi connectivity index (χ1n) is 8.14. The Morgan fingerprint density at radius 3 is 3.04 bits per heavy atom. The molecule has 2 heterocycles. The highest BCUT2D eigenvalue weighted by Gasteiger charge is 2.55. The fraction of sp³-hybridized carbons (Fsp3) is 0.471. The summed E-state index contributed by atoms with van der Waals surface area (Å²) < 4.78 is 1.03. The third-order valence-corrected chi connectivity index (χ3v) is 6.26. The lowest BCUT2D eigenvalue weighted by Gasteiger charge is -2.23. The molecule has 24 heavy (non-hydrogen) atoms. The normalized spacial score (nSPS) is 25.9. The van der Waals surface area contributed by atoms with Crippen LogP contribution in [0.25, 0.3) is 10.2 Å². The van der Waals surface area contributed by atoms with Crippen LogP contribution in [0.5, 0.6) is 0 Å². The van der Waals surface area contributed by atoms with E-state index in [1.165, 1.54) is 0 Å². The summed E-state index contributed by atoms with van der Waals surface area (Å²) >= 11 is 1.59. The molecule has 2 amide bonds. The van der Waals surface area contributed by atoms with Gasteiger partial charge >= 0.3 is 12.0 Å². The van der Waals surface area contributed by atoms with Crippen LogP contribution in [0.3, 0.4) is 0 Å². The number of aromatic nitrogens is 1. The second-order valence-corrected chi connectivity index (χ2v) is 8.01. The van der Waals surface area contributed by atoms with Gasteiger partial charge in [0.1, 0.15) is 0 Å². The molecule has 2 fully saturated rings. The number of anilines is 1. The smallest absolute Gasteiger partial charge is 0.321 e. The number of carbonyl (C=O) groups is 2. The Balaban J connectivity index is 1.51. The van der Waals surface area contributed by atoms with Crippen LogP contribution in [0.1, 0.15) is 24.3 Å². The molecule has 1 aromatic carbocycles. The van der Waals surface area contributed by atoms with E-state index in [9.17, 15) is 14.7 Å². The van der Waals surface area contributed by atoms with E-state index < -0.39 is 11.4 Å². The van der Waals surface area contributed by atoms with E-state index >= 15 is 0 Å². The maximum Gasteiger partial charge on any atom is 0.321 e. The number of carboxylic acids is 1. The number of aryl methyl sites for hydroxylation is 1. The van der Waals surface area contributed by atoms with Crippen LogP contribution in [-0.4, -0.2) is 40.1 Å². The van der Waals surface area contributed by atoms with Crippen molar-refractivity contribution in [3.8, 4) is 0 Å². The van der Waals surface area contributed by atoms with Gasteiger partial charge in [0.15, 0.2) is 0 Å². The Bertz CT molecular complexity index is 834. The van der Waals surface area contributed by atoms with Crippen molar-refractivity contribution in [2.24, 2.45) is 11.3 Å². The first-order chi connectivity index (χ1) is 11.5.